The summed E-state index contributed by atoms with van der Waals surface area (Å²) in [5, 5.41) is 9.19. The smallest absolute Gasteiger partial charge is 0.147 e. The van der Waals surface area contributed by atoms with E-state index in [-0.39, 0.29) is 0 Å². The van der Waals surface area contributed by atoms with Crippen molar-refractivity contribution in [2.24, 2.45) is 7.05 Å². The van der Waals surface area contributed by atoms with E-state index in [1.54, 1.807) is 18.0 Å². The number of benzene rings is 1. The summed E-state index contributed by atoms with van der Waals surface area (Å²) in [6.07, 6.45) is 2.58. The van der Waals surface area contributed by atoms with Crippen molar-refractivity contribution < 1.29 is 4.74 Å². The van der Waals surface area contributed by atoms with Gasteiger partial charge in [-0.15, -0.1) is 0 Å². The van der Waals surface area contributed by atoms with E-state index in [0.717, 1.165) is 17.7 Å². The number of nitriles is 1. The van der Waals surface area contributed by atoms with Gasteiger partial charge in [0.1, 0.15) is 23.2 Å². The first-order valence-corrected chi connectivity index (χ1v) is 5.80. The molecule has 0 saturated carbocycles. The summed E-state index contributed by atoms with van der Waals surface area (Å²) in [4.78, 5) is 4.30. The van der Waals surface area contributed by atoms with Crippen LogP contribution in [0.3, 0.4) is 0 Å². The van der Waals surface area contributed by atoms with Crippen molar-refractivity contribution >= 4 is 0 Å². The van der Waals surface area contributed by atoms with Crippen LogP contribution in [0.1, 0.15) is 18.2 Å². The number of methoxy groups -OCH3 is 1. The Balaban J connectivity index is 2.65. The molecule has 1 heterocycles. The first-order valence-electron chi connectivity index (χ1n) is 5.80. The second kappa shape index (κ2) is 4.92. The number of hydrogen-bond donors (Lipinski definition) is 0. The quantitative estimate of drug-likeness (QED) is 0.829. The van der Waals surface area contributed by atoms with Crippen LogP contribution in [0.25, 0.3) is 11.3 Å². The van der Waals surface area contributed by atoms with Crippen LogP contribution in [-0.2, 0) is 13.5 Å². The molecule has 0 saturated heterocycles. The lowest BCUT2D eigenvalue weighted by molar-refractivity contribution is 0.416. The van der Waals surface area contributed by atoms with Crippen LogP contribution in [0.4, 0.5) is 0 Å². The van der Waals surface area contributed by atoms with Gasteiger partial charge >= 0.3 is 0 Å². The Bertz CT molecular complexity index is 608. The third-order valence-electron chi connectivity index (χ3n) is 2.97. The first-order chi connectivity index (χ1) is 8.71. The Labute approximate surface area is 106 Å². The van der Waals surface area contributed by atoms with E-state index in [4.69, 9.17) is 4.74 Å². The van der Waals surface area contributed by atoms with Crippen LogP contribution >= 0.6 is 0 Å². The fourth-order valence-electron chi connectivity index (χ4n) is 1.92. The van der Waals surface area contributed by atoms with Crippen molar-refractivity contribution in [2.75, 3.05) is 7.11 Å². The molecule has 4 nitrogen and oxygen atoms in total. The van der Waals surface area contributed by atoms with Gasteiger partial charge in [0.2, 0.25) is 0 Å². The average molecular weight is 241 g/mol. The van der Waals surface area contributed by atoms with E-state index in [1.165, 1.54) is 5.56 Å². The summed E-state index contributed by atoms with van der Waals surface area (Å²) in [5.74, 6) is 0.738. The fraction of sp³-hybridized carbons (Fsp3) is 0.286. The molecule has 0 atom stereocenters. The molecule has 1 aromatic heterocycles. The topological polar surface area (TPSA) is 50.8 Å². The van der Waals surface area contributed by atoms with Crippen molar-refractivity contribution in [3.8, 4) is 23.1 Å². The molecule has 0 amide bonds. The molecule has 2 aromatic rings. The summed E-state index contributed by atoms with van der Waals surface area (Å²) >= 11 is 0. The van der Waals surface area contributed by atoms with Gasteiger partial charge in [0.15, 0.2) is 0 Å². The van der Waals surface area contributed by atoms with E-state index in [1.807, 2.05) is 25.2 Å². The fourth-order valence-corrected chi connectivity index (χ4v) is 1.92. The molecule has 92 valence electrons. The zero-order valence-electron chi connectivity index (χ0n) is 10.8. The van der Waals surface area contributed by atoms with E-state index < -0.39 is 0 Å². The van der Waals surface area contributed by atoms with Gasteiger partial charge in [-0.1, -0.05) is 13.0 Å². The van der Waals surface area contributed by atoms with Crippen molar-refractivity contribution in [1.82, 2.24) is 9.55 Å². The Morgan fingerprint density at radius 2 is 2.22 bits per heavy atom. The van der Waals surface area contributed by atoms with Crippen LogP contribution in [0.2, 0.25) is 0 Å². The Morgan fingerprint density at radius 3 is 2.83 bits per heavy atom. The van der Waals surface area contributed by atoms with Crippen LogP contribution in [0.5, 0.6) is 5.75 Å². The predicted octanol–water partition coefficient (Wildman–Crippen LogP) is 2.53. The standard InChI is InChI=1S/C14H15N3O/c1-4-10-5-6-13(18-3)11(7-10)14-12(8-15)17(2)9-16-14/h5-7,9H,4H2,1-3H3. The van der Waals surface area contributed by atoms with Crippen LogP contribution in [0, 0.1) is 11.3 Å². The number of rotatable bonds is 3. The van der Waals surface area contributed by atoms with Crippen LogP contribution in [-0.4, -0.2) is 16.7 Å². The molecule has 0 bridgehead atoms. The second-order valence-corrected chi connectivity index (χ2v) is 4.05. The van der Waals surface area contributed by atoms with Gasteiger partial charge in [-0.3, -0.25) is 0 Å². The highest BCUT2D eigenvalue weighted by Gasteiger charge is 2.15. The highest BCUT2D eigenvalue weighted by atomic mass is 16.5. The van der Waals surface area contributed by atoms with Gasteiger partial charge in [-0.25, -0.2) is 4.98 Å². The molecular weight excluding hydrogens is 226 g/mol. The van der Waals surface area contributed by atoms with Gasteiger partial charge in [0, 0.05) is 12.6 Å². The molecule has 0 radical (unpaired) electrons. The molecular formula is C14H15N3O. The van der Waals surface area contributed by atoms with Crippen molar-refractivity contribution in [3.05, 3.63) is 35.8 Å². The van der Waals surface area contributed by atoms with E-state index in [2.05, 4.69) is 18.0 Å². The highest BCUT2D eigenvalue weighted by Crippen LogP contribution is 2.31. The maximum absolute atomic E-state index is 9.19. The number of aromatic nitrogens is 2. The van der Waals surface area contributed by atoms with E-state index in [9.17, 15) is 5.26 Å². The number of ether oxygens (including phenoxy) is 1. The molecule has 18 heavy (non-hydrogen) atoms. The summed E-state index contributed by atoms with van der Waals surface area (Å²) in [5.41, 5.74) is 3.28. The lowest BCUT2D eigenvalue weighted by Crippen LogP contribution is -1.94. The second-order valence-electron chi connectivity index (χ2n) is 4.05. The largest absolute Gasteiger partial charge is 0.496 e. The SMILES string of the molecule is CCc1ccc(OC)c(-c2ncn(C)c2C#N)c1. The monoisotopic (exact) mass is 241 g/mol. The zero-order chi connectivity index (χ0) is 13.1. The van der Waals surface area contributed by atoms with Gasteiger partial charge in [0.25, 0.3) is 0 Å². The maximum Gasteiger partial charge on any atom is 0.147 e. The minimum atomic E-state index is 0.543. The molecule has 2 rings (SSSR count). The normalized spacial score (nSPS) is 10.1. The summed E-state index contributed by atoms with van der Waals surface area (Å²) in [6.45, 7) is 2.09. The number of nitrogens with zero attached hydrogens (tertiary/aromatic N) is 3. The van der Waals surface area contributed by atoms with Crippen molar-refractivity contribution in [2.45, 2.75) is 13.3 Å². The molecule has 0 fully saturated rings. The molecule has 0 aliphatic carbocycles. The minimum Gasteiger partial charge on any atom is -0.496 e. The summed E-state index contributed by atoms with van der Waals surface area (Å²) in [6, 6.07) is 8.15. The van der Waals surface area contributed by atoms with Gasteiger partial charge in [-0.05, 0) is 24.1 Å². The lowest BCUT2D eigenvalue weighted by Gasteiger charge is -2.08. The first kappa shape index (κ1) is 12.2. The highest BCUT2D eigenvalue weighted by molar-refractivity contribution is 5.72. The number of imidazole rings is 1. The van der Waals surface area contributed by atoms with Crippen molar-refractivity contribution in [3.63, 3.8) is 0 Å². The average Bonchev–Trinajstić information content (AvgIpc) is 2.78. The molecule has 4 heteroatoms. The van der Waals surface area contributed by atoms with Crippen LogP contribution < -0.4 is 4.74 Å². The molecule has 0 unspecified atom stereocenters. The molecule has 0 aliphatic heterocycles. The molecule has 0 N–H and O–H groups in total. The Kier molecular flexibility index (Phi) is 3.33. The summed E-state index contributed by atoms with van der Waals surface area (Å²) < 4.78 is 7.06. The molecule has 1 aromatic carbocycles. The maximum atomic E-state index is 9.19. The molecule has 0 aliphatic rings. The van der Waals surface area contributed by atoms with E-state index in [0.29, 0.717) is 11.4 Å². The van der Waals surface area contributed by atoms with Gasteiger partial charge in [0.05, 0.1) is 13.4 Å². The lowest BCUT2D eigenvalue weighted by atomic mass is 10.0. The van der Waals surface area contributed by atoms with Crippen molar-refractivity contribution in [1.29, 1.82) is 5.26 Å². The predicted molar refractivity (Wildman–Crippen MR) is 69.3 cm³/mol. The minimum absolute atomic E-state index is 0.543. The zero-order valence-corrected chi connectivity index (χ0v) is 10.8. The number of aryl methyl sites for hydroxylation is 2. The summed E-state index contributed by atoms with van der Waals surface area (Å²) in [7, 11) is 3.44. The Morgan fingerprint density at radius 1 is 1.44 bits per heavy atom. The third-order valence-corrected chi connectivity index (χ3v) is 2.97. The van der Waals surface area contributed by atoms with E-state index >= 15 is 0 Å². The number of hydrogen-bond acceptors (Lipinski definition) is 3. The van der Waals surface area contributed by atoms with Gasteiger partial charge in [-0.2, -0.15) is 5.26 Å². The Hall–Kier alpha value is -2.28. The molecule has 0 spiro atoms. The van der Waals surface area contributed by atoms with Crippen LogP contribution in [0.15, 0.2) is 24.5 Å². The third kappa shape index (κ3) is 1.95. The van der Waals surface area contributed by atoms with Gasteiger partial charge < -0.3 is 9.30 Å².